The topological polar surface area (TPSA) is 101 Å². The molecule has 0 aliphatic carbocycles. The molecule has 2 aromatic rings. The lowest BCUT2D eigenvalue weighted by atomic mass is 10.2. The molecule has 1 heterocycles. The molecule has 1 amide bonds. The number of carbonyl (C=O) groups excluding carboxylic acids is 1. The van der Waals surface area contributed by atoms with Crippen molar-refractivity contribution in [3.8, 4) is 0 Å². The summed E-state index contributed by atoms with van der Waals surface area (Å²) in [5, 5.41) is 10.2. The van der Waals surface area contributed by atoms with Crippen LogP contribution in [0.4, 0.5) is 5.13 Å². The van der Waals surface area contributed by atoms with Crippen LogP contribution in [-0.4, -0.2) is 31.1 Å². The molecule has 0 saturated heterocycles. The van der Waals surface area contributed by atoms with Gasteiger partial charge in [-0.15, -0.1) is 16.8 Å². The average molecular weight is 324 g/mol. The van der Waals surface area contributed by atoms with Crippen LogP contribution < -0.4 is 10.0 Å². The zero-order valence-electron chi connectivity index (χ0n) is 10.8. The standard InChI is InChI=1S/C12H12N4O3S2/c1-2-6-14-21(18,19)10-5-3-4-9(7-10)11(17)15-12-16-13-8-20-12/h2-5,7-8,14H,1,6H2,(H,15,16,17). The molecular formula is C12H12N4O3S2. The summed E-state index contributed by atoms with van der Waals surface area (Å²) in [7, 11) is -3.67. The lowest BCUT2D eigenvalue weighted by Crippen LogP contribution is -2.24. The minimum atomic E-state index is -3.67. The van der Waals surface area contributed by atoms with Crippen molar-refractivity contribution in [3.05, 3.63) is 48.0 Å². The van der Waals surface area contributed by atoms with Gasteiger partial charge in [0.25, 0.3) is 5.91 Å². The molecule has 2 N–H and O–H groups in total. The Bertz CT molecular complexity index is 742. The summed E-state index contributed by atoms with van der Waals surface area (Å²) in [6.45, 7) is 3.56. The Morgan fingerprint density at radius 1 is 1.43 bits per heavy atom. The summed E-state index contributed by atoms with van der Waals surface area (Å²) in [4.78, 5) is 12.0. The number of rotatable bonds is 6. The van der Waals surface area contributed by atoms with Gasteiger partial charge in [0.2, 0.25) is 15.2 Å². The minimum Gasteiger partial charge on any atom is -0.296 e. The Morgan fingerprint density at radius 3 is 2.90 bits per heavy atom. The number of benzene rings is 1. The second-order valence-corrected chi connectivity index (χ2v) is 6.47. The van der Waals surface area contributed by atoms with Gasteiger partial charge in [0.05, 0.1) is 4.90 Å². The lowest BCUT2D eigenvalue weighted by Gasteiger charge is -2.06. The maximum absolute atomic E-state index is 12.0. The van der Waals surface area contributed by atoms with Gasteiger partial charge < -0.3 is 0 Å². The molecule has 2 rings (SSSR count). The fourth-order valence-electron chi connectivity index (χ4n) is 1.45. The molecule has 21 heavy (non-hydrogen) atoms. The van der Waals surface area contributed by atoms with Crippen molar-refractivity contribution in [3.63, 3.8) is 0 Å². The fraction of sp³-hybridized carbons (Fsp3) is 0.0833. The van der Waals surface area contributed by atoms with Gasteiger partial charge in [0, 0.05) is 12.1 Å². The molecule has 110 valence electrons. The highest BCUT2D eigenvalue weighted by Crippen LogP contribution is 2.14. The van der Waals surface area contributed by atoms with E-state index in [0.29, 0.717) is 5.13 Å². The molecule has 0 aliphatic rings. The number of hydrogen-bond donors (Lipinski definition) is 2. The number of sulfonamides is 1. The van der Waals surface area contributed by atoms with Crippen molar-refractivity contribution < 1.29 is 13.2 Å². The van der Waals surface area contributed by atoms with Crippen LogP contribution in [0.25, 0.3) is 0 Å². The second kappa shape index (κ2) is 6.57. The maximum Gasteiger partial charge on any atom is 0.257 e. The van der Waals surface area contributed by atoms with E-state index in [4.69, 9.17) is 0 Å². The first-order valence-electron chi connectivity index (χ1n) is 5.81. The van der Waals surface area contributed by atoms with E-state index in [9.17, 15) is 13.2 Å². The number of nitrogens with zero attached hydrogens (tertiary/aromatic N) is 2. The Balaban J connectivity index is 2.21. The molecule has 9 heteroatoms. The number of carbonyl (C=O) groups is 1. The lowest BCUT2D eigenvalue weighted by molar-refractivity contribution is 0.102. The molecule has 0 radical (unpaired) electrons. The first kappa shape index (κ1) is 15.3. The summed E-state index contributed by atoms with van der Waals surface area (Å²) < 4.78 is 26.3. The van der Waals surface area contributed by atoms with Crippen molar-refractivity contribution in [1.29, 1.82) is 0 Å². The van der Waals surface area contributed by atoms with E-state index < -0.39 is 15.9 Å². The monoisotopic (exact) mass is 324 g/mol. The highest BCUT2D eigenvalue weighted by atomic mass is 32.2. The van der Waals surface area contributed by atoms with E-state index in [1.807, 2.05) is 0 Å². The summed E-state index contributed by atoms with van der Waals surface area (Å²) >= 11 is 1.17. The summed E-state index contributed by atoms with van der Waals surface area (Å²) in [5.41, 5.74) is 1.70. The molecule has 0 atom stereocenters. The van der Waals surface area contributed by atoms with E-state index in [0.717, 1.165) is 0 Å². The van der Waals surface area contributed by atoms with Crippen molar-refractivity contribution >= 4 is 32.4 Å². The van der Waals surface area contributed by atoms with Crippen LogP contribution in [-0.2, 0) is 10.0 Å². The van der Waals surface area contributed by atoms with Gasteiger partial charge in [-0.25, -0.2) is 13.1 Å². The van der Waals surface area contributed by atoms with E-state index in [-0.39, 0.29) is 17.0 Å². The predicted molar refractivity (Wildman–Crippen MR) is 79.7 cm³/mol. The third-order valence-electron chi connectivity index (χ3n) is 2.40. The van der Waals surface area contributed by atoms with Crippen LogP contribution in [0, 0.1) is 0 Å². The van der Waals surface area contributed by atoms with Crippen LogP contribution in [0.5, 0.6) is 0 Å². The van der Waals surface area contributed by atoms with Crippen LogP contribution in [0.1, 0.15) is 10.4 Å². The number of aromatic nitrogens is 2. The third kappa shape index (κ3) is 3.94. The largest absolute Gasteiger partial charge is 0.296 e. The molecule has 0 saturated carbocycles. The second-order valence-electron chi connectivity index (χ2n) is 3.87. The molecule has 7 nitrogen and oxygen atoms in total. The van der Waals surface area contributed by atoms with Gasteiger partial charge in [0.15, 0.2) is 0 Å². The van der Waals surface area contributed by atoms with E-state index >= 15 is 0 Å². The zero-order chi connectivity index (χ0) is 15.3. The Kier molecular flexibility index (Phi) is 4.78. The SMILES string of the molecule is C=CCNS(=O)(=O)c1cccc(C(=O)Nc2nncs2)c1. The molecular weight excluding hydrogens is 312 g/mol. The van der Waals surface area contributed by atoms with Gasteiger partial charge in [0.1, 0.15) is 5.51 Å². The Hall–Kier alpha value is -2.10. The molecule has 0 unspecified atom stereocenters. The average Bonchev–Trinajstić information content (AvgIpc) is 2.98. The maximum atomic E-state index is 12.0. The minimum absolute atomic E-state index is 0.00858. The molecule has 1 aromatic heterocycles. The van der Waals surface area contributed by atoms with Crippen LogP contribution in [0.15, 0.2) is 47.3 Å². The first-order chi connectivity index (χ1) is 10.0. The normalized spacial score (nSPS) is 11.0. The van der Waals surface area contributed by atoms with Crippen molar-refractivity contribution in [1.82, 2.24) is 14.9 Å². The van der Waals surface area contributed by atoms with Crippen molar-refractivity contribution in [2.24, 2.45) is 0 Å². The van der Waals surface area contributed by atoms with Crippen LogP contribution in [0.3, 0.4) is 0 Å². The van der Waals surface area contributed by atoms with Gasteiger partial charge in [-0.3, -0.25) is 10.1 Å². The van der Waals surface area contributed by atoms with Crippen LogP contribution in [0.2, 0.25) is 0 Å². The van der Waals surface area contributed by atoms with E-state index in [1.165, 1.54) is 47.2 Å². The number of hydrogen-bond acceptors (Lipinski definition) is 6. The highest BCUT2D eigenvalue weighted by Gasteiger charge is 2.15. The summed E-state index contributed by atoms with van der Waals surface area (Å²) in [6, 6.07) is 5.72. The quantitative estimate of drug-likeness (QED) is 0.779. The number of anilines is 1. The highest BCUT2D eigenvalue weighted by molar-refractivity contribution is 7.89. The fourth-order valence-corrected chi connectivity index (χ4v) is 2.94. The summed E-state index contributed by atoms with van der Waals surface area (Å²) in [6.07, 6.45) is 1.43. The van der Waals surface area contributed by atoms with Gasteiger partial charge in [-0.1, -0.05) is 23.5 Å². The molecule has 0 spiro atoms. The smallest absolute Gasteiger partial charge is 0.257 e. The summed E-state index contributed by atoms with van der Waals surface area (Å²) in [5.74, 6) is -0.451. The number of nitrogens with one attached hydrogen (secondary N) is 2. The van der Waals surface area contributed by atoms with E-state index in [1.54, 1.807) is 0 Å². The Labute approximate surface area is 125 Å². The first-order valence-corrected chi connectivity index (χ1v) is 8.17. The van der Waals surface area contributed by atoms with Gasteiger partial charge in [-0.2, -0.15) is 0 Å². The van der Waals surface area contributed by atoms with Crippen molar-refractivity contribution in [2.45, 2.75) is 4.90 Å². The number of amides is 1. The molecule has 1 aromatic carbocycles. The van der Waals surface area contributed by atoms with Gasteiger partial charge >= 0.3 is 0 Å². The third-order valence-corrected chi connectivity index (χ3v) is 4.43. The predicted octanol–water partition coefficient (Wildman–Crippen LogP) is 1.25. The van der Waals surface area contributed by atoms with Gasteiger partial charge in [-0.05, 0) is 18.2 Å². The molecule has 0 aliphatic heterocycles. The molecule has 0 bridgehead atoms. The van der Waals surface area contributed by atoms with E-state index in [2.05, 4.69) is 26.8 Å². The van der Waals surface area contributed by atoms with Crippen LogP contribution >= 0.6 is 11.3 Å². The Morgan fingerprint density at radius 2 is 2.24 bits per heavy atom. The zero-order valence-corrected chi connectivity index (χ0v) is 12.4. The molecule has 0 fully saturated rings. The van der Waals surface area contributed by atoms with Crippen molar-refractivity contribution in [2.75, 3.05) is 11.9 Å².